The molecule has 2 aromatic rings. The van der Waals surface area contributed by atoms with E-state index >= 15 is 0 Å². The highest BCUT2D eigenvalue weighted by Gasteiger charge is 2.30. The Balaban J connectivity index is 2.00. The first-order chi connectivity index (χ1) is 9.75. The van der Waals surface area contributed by atoms with Gasteiger partial charge in [-0.15, -0.1) is 10.2 Å². The summed E-state index contributed by atoms with van der Waals surface area (Å²) in [5.74, 6) is -1.01. The minimum Gasteiger partial charge on any atom is -0.316 e. The van der Waals surface area contributed by atoms with Crippen LogP contribution in [0.2, 0.25) is 0 Å². The molecule has 2 atom stereocenters. The molecule has 1 aromatic heterocycles. The predicted molar refractivity (Wildman–Crippen MR) is 67.9 cm³/mol. The molecule has 0 amide bonds. The molecule has 1 aliphatic rings. The molecule has 5 nitrogen and oxygen atoms in total. The molecule has 1 aromatic carbocycles. The van der Waals surface area contributed by atoms with Gasteiger partial charge in [0.05, 0.1) is 0 Å². The topological polar surface area (TPSA) is 55.6 Å². The van der Waals surface area contributed by atoms with Crippen molar-refractivity contribution >= 4 is 0 Å². The third-order valence-corrected chi connectivity index (χ3v) is 3.68. The zero-order chi connectivity index (χ0) is 13.9. The van der Waals surface area contributed by atoms with Gasteiger partial charge in [-0.05, 0) is 36.6 Å². The summed E-state index contributed by atoms with van der Waals surface area (Å²) in [5.41, 5.74) is 0.401. The van der Waals surface area contributed by atoms with Crippen LogP contribution in [0.15, 0.2) is 24.5 Å². The largest absolute Gasteiger partial charge is 0.316 e. The quantitative estimate of drug-likeness (QED) is 0.926. The molecule has 0 aliphatic carbocycles. The summed E-state index contributed by atoms with van der Waals surface area (Å²) in [5, 5.41) is 14.9. The normalized spacial score (nSPS) is 20.8. The zero-order valence-electron chi connectivity index (χ0n) is 10.8. The van der Waals surface area contributed by atoms with E-state index < -0.39 is 11.6 Å². The number of tetrazole rings is 1. The van der Waals surface area contributed by atoms with Gasteiger partial charge < -0.3 is 5.32 Å². The Bertz CT molecular complexity index is 566. The number of nitrogens with one attached hydrogen (secondary N) is 1. The van der Waals surface area contributed by atoms with Crippen LogP contribution in [0.4, 0.5) is 8.78 Å². The number of halogens is 2. The fourth-order valence-electron chi connectivity index (χ4n) is 2.76. The van der Waals surface area contributed by atoms with Gasteiger partial charge in [-0.3, -0.25) is 0 Å². The monoisotopic (exact) mass is 279 g/mol. The second-order valence-electron chi connectivity index (χ2n) is 4.97. The van der Waals surface area contributed by atoms with Crippen LogP contribution >= 0.6 is 0 Å². The molecule has 1 unspecified atom stereocenters. The van der Waals surface area contributed by atoms with Crippen LogP contribution in [-0.2, 0) is 0 Å². The Morgan fingerprint density at radius 2 is 2.25 bits per heavy atom. The molecule has 0 saturated carbocycles. The number of hydrogen-bond acceptors (Lipinski definition) is 4. The maximum atomic E-state index is 14.1. The van der Waals surface area contributed by atoms with Crippen molar-refractivity contribution in [2.24, 2.45) is 5.92 Å². The van der Waals surface area contributed by atoms with Crippen LogP contribution in [0.3, 0.4) is 0 Å². The molecule has 1 fully saturated rings. The van der Waals surface area contributed by atoms with Crippen LogP contribution in [0.5, 0.6) is 0 Å². The van der Waals surface area contributed by atoms with Crippen LogP contribution in [0.1, 0.15) is 24.4 Å². The van der Waals surface area contributed by atoms with E-state index in [0.717, 1.165) is 32.0 Å². The van der Waals surface area contributed by atoms with Crippen molar-refractivity contribution in [1.29, 1.82) is 0 Å². The molecule has 0 radical (unpaired) electrons. The van der Waals surface area contributed by atoms with Gasteiger partial charge >= 0.3 is 0 Å². The predicted octanol–water partition coefficient (Wildman–Crippen LogP) is 1.54. The van der Waals surface area contributed by atoms with Crippen LogP contribution in [0.25, 0.3) is 0 Å². The SMILES string of the molecule is Fc1ccc(C([C@H]2CCCNC2)n2ncnn2)c(F)c1. The molecule has 1 saturated heterocycles. The minimum atomic E-state index is -0.585. The van der Waals surface area contributed by atoms with Crippen molar-refractivity contribution < 1.29 is 8.78 Å². The molecule has 20 heavy (non-hydrogen) atoms. The van der Waals surface area contributed by atoms with Gasteiger partial charge in [-0.25, -0.2) is 8.78 Å². The lowest BCUT2D eigenvalue weighted by atomic mass is 9.87. The molecule has 106 valence electrons. The van der Waals surface area contributed by atoms with Gasteiger partial charge in [0.25, 0.3) is 0 Å². The zero-order valence-corrected chi connectivity index (χ0v) is 10.8. The standard InChI is InChI=1S/C13H15F2N5/c14-10-3-4-11(12(15)6-10)13(20-18-8-17-19-20)9-2-1-5-16-7-9/h3-4,6,8-9,13,16H,1-2,5,7H2/t9-,13?/m0/s1. The van der Waals surface area contributed by atoms with Gasteiger partial charge in [-0.2, -0.15) is 4.80 Å². The Hall–Kier alpha value is -1.89. The average molecular weight is 279 g/mol. The molecular weight excluding hydrogens is 264 g/mol. The summed E-state index contributed by atoms with van der Waals surface area (Å²) < 4.78 is 27.2. The Morgan fingerprint density at radius 3 is 2.90 bits per heavy atom. The van der Waals surface area contributed by atoms with Crippen molar-refractivity contribution in [2.75, 3.05) is 13.1 Å². The number of rotatable bonds is 3. The van der Waals surface area contributed by atoms with E-state index in [1.807, 2.05) is 0 Å². The van der Waals surface area contributed by atoms with E-state index in [2.05, 4.69) is 20.7 Å². The second-order valence-corrected chi connectivity index (χ2v) is 4.97. The highest BCUT2D eigenvalue weighted by atomic mass is 19.1. The highest BCUT2D eigenvalue weighted by molar-refractivity contribution is 5.23. The maximum absolute atomic E-state index is 14.1. The molecule has 0 bridgehead atoms. The summed E-state index contributed by atoms with van der Waals surface area (Å²) in [4.78, 5) is 1.41. The first-order valence-corrected chi connectivity index (χ1v) is 6.64. The molecule has 2 heterocycles. The average Bonchev–Trinajstić information content (AvgIpc) is 2.97. The Morgan fingerprint density at radius 1 is 1.35 bits per heavy atom. The van der Waals surface area contributed by atoms with Gasteiger partial charge in [-0.1, -0.05) is 6.07 Å². The van der Waals surface area contributed by atoms with E-state index in [-0.39, 0.29) is 12.0 Å². The van der Waals surface area contributed by atoms with Crippen molar-refractivity contribution in [2.45, 2.75) is 18.9 Å². The lowest BCUT2D eigenvalue weighted by Crippen LogP contribution is -2.36. The number of aromatic nitrogens is 4. The van der Waals surface area contributed by atoms with E-state index in [9.17, 15) is 8.78 Å². The molecule has 7 heteroatoms. The number of hydrogen-bond donors (Lipinski definition) is 1. The van der Waals surface area contributed by atoms with E-state index in [1.54, 1.807) is 0 Å². The third-order valence-electron chi connectivity index (χ3n) is 3.68. The number of benzene rings is 1. The second kappa shape index (κ2) is 5.62. The molecular formula is C13H15F2N5. The first-order valence-electron chi connectivity index (χ1n) is 6.64. The summed E-state index contributed by atoms with van der Waals surface area (Å²) in [6.45, 7) is 1.71. The van der Waals surface area contributed by atoms with Crippen LogP contribution in [-0.4, -0.2) is 33.3 Å². The fraction of sp³-hybridized carbons (Fsp3) is 0.462. The number of piperidine rings is 1. The highest BCUT2D eigenvalue weighted by Crippen LogP contribution is 2.31. The fourth-order valence-corrected chi connectivity index (χ4v) is 2.76. The van der Waals surface area contributed by atoms with Gasteiger partial charge in [0, 0.05) is 18.2 Å². The van der Waals surface area contributed by atoms with Crippen LogP contribution < -0.4 is 5.32 Å². The lowest BCUT2D eigenvalue weighted by molar-refractivity contribution is 0.256. The third kappa shape index (κ3) is 2.53. The Labute approximate surface area is 115 Å². The van der Waals surface area contributed by atoms with Gasteiger partial charge in [0.2, 0.25) is 0 Å². The van der Waals surface area contributed by atoms with Crippen molar-refractivity contribution in [3.63, 3.8) is 0 Å². The maximum Gasteiger partial charge on any atom is 0.162 e. The summed E-state index contributed by atoms with van der Waals surface area (Å²) in [6.07, 6.45) is 3.28. The van der Waals surface area contributed by atoms with E-state index in [4.69, 9.17) is 0 Å². The van der Waals surface area contributed by atoms with Crippen molar-refractivity contribution in [1.82, 2.24) is 25.5 Å². The molecule has 1 N–H and O–H groups in total. The molecule has 3 rings (SSSR count). The summed E-state index contributed by atoms with van der Waals surface area (Å²) in [7, 11) is 0. The van der Waals surface area contributed by atoms with Gasteiger partial charge in [0.1, 0.15) is 17.7 Å². The van der Waals surface area contributed by atoms with Crippen LogP contribution in [0, 0.1) is 17.6 Å². The Kier molecular flexibility index (Phi) is 3.68. The first kappa shape index (κ1) is 13.1. The van der Waals surface area contributed by atoms with E-state index in [1.165, 1.54) is 23.3 Å². The van der Waals surface area contributed by atoms with E-state index in [0.29, 0.717) is 5.56 Å². The molecule has 0 spiro atoms. The summed E-state index contributed by atoms with van der Waals surface area (Å²) in [6, 6.07) is 3.26. The van der Waals surface area contributed by atoms with Crippen molar-refractivity contribution in [3.05, 3.63) is 41.7 Å². The summed E-state index contributed by atoms with van der Waals surface area (Å²) >= 11 is 0. The molecule has 1 aliphatic heterocycles. The number of nitrogens with zero attached hydrogens (tertiary/aromatic N) is 4. The minimum absolute atomic E-state index is 0.151. The van der Waals surface area contributed by atoms with Crippen molar-refractivity contribution in [3.8, 4) is 0 Å². The lowest BCUT2D eigenvalue weighted by Gasteiger charge is -2.30. The smallest absolute Gasteiger partial charge is 0.162 e. The van der Waals surface area contributed by atoms with Gasteiger partial charge in [0.15, 0.2) is 6.33 Å².